The number of aromatic nitrogens is 1. The molecule has 0 amide bonds. The molecule has 1 aliphatic rings. The van der Waals surface area contributed by atoms with Gasteiger partial charge in [0.1, 0.15) is 0 Å². The summed E-state index contributed by atoms with van der Waals surface area (Å²) < 4.78 is 0. The van der Waals surface area contributed by atoms with E-state index in [4.69, 9.17) is 5.11 Å². The van der Waals surface area contributed by atoms with Crippen LogP contribution >= 0.6 is 0 Å². The van der Waals surface area contributed by atoms with Crippen molar-refractivity contribution in [1.82, 2.24) is 10.3 Å². The van der Waals surface area contributed by atoms with Gasteiger partial charge in [-0.2, -0.15) is 0 Å². The maximum atomic E-state index is 11.0. The molecule has 1 saturated carbocycles. The number of carboxylic acids is 1. The number of hydrogen-bond donors (Lipinski definition) is 2. The molecule has 98 valence electrons. The highest BCUT2D eigenvalue weighted by atomic mass is 16.4. The van der Waals surface area contributed by atoms with E-state index in [1.165, 1.54) is 5.56 Å². The van der Waals surface area contributed by atoms with E-state index in [1.807, 2.05) is 12.1 Å². The Hall–Kier alpha value is -1.42. The maximum absolute atomic E-state index is 11.0. The predicted molar refractivity (Wildman–Crippen MR) is 69.3 cm³/mol. The lowest BCUT2D eigenvalue weighted by Crippen LogP contribution is -2.37. The molecule has 1 heterocycles. The quantitative estimate of drug-likeness (QED) is 0.835. The van der Waals surface area contributed by atoms with Crippen molar-refractivity contribution < 1.29 is 9.90 Å². The molecule has 18 heavy (non-hydrogen) atoms. The van der Waals surface area contributed by atoms with Gasteiger partial charge in [-0.1, -0.05) is 6.42 Å². The third-order valence-electron chi connectivity index (χ3n) is 3.62. The van der Waals surface area contributed by atoms with Crippen molar-refractivity contribution in [2.75, 3.05) is 6.54 Å². The van der Waals surface area contributed by atoms with Crippen molar-refractivity contribution in [2.45, 2.75) is 38.1 Å². The van der Waals surface area contributed by atoms with Gasteiger partial charge in [0.2, 0.25) is 0 Å². The molecule has 2 atom stereocenters. The summed E-state index contributed by atoms with van der Waals surface area (Å²) in [6.07, 6.45) is 8.29. The molecule has 1 aromatic rings. The Balaban J connectivity index is 1.72. The number of rotatable bonds is 5. The first-order valence-corrected chi connectivity index (χ1v) is 6.61. The molecule has 4 heteroatoms. The number of pyridine rings is 1. The van der Waals surface area contributed by atoms with Gasteiger partial charge < -0.3 is 10.4 Å². The molecular weight excluding hydrogens is 228 g/mol. The molecule has 1 aliphatic carbocycles. The highest BCUT2D eigenvalue weighted by molar-refractivity contribution is 5.70. The lowest BCUT2D eigenvalue weighted by atomic mass is 9.86. The minimum Gasteiger partial charge on any atom is -0.481 e. The fourth-order valence-electron chi connectivity index (χ4n) is 2.57. The average Bonchev–Trinajstić information content (AvgIpc) is 2.40. The van der Waals surface area contributed by atoms with Gasteiger partial charge in [0, 0.05) is 18.4 Å². The van der Waals surface area contributed by atoms with Gasteiger partial charge in [-0.05, 0) is 49.9 Å². The van der Waals surface area contributed by atoms with Crippen LogP contribution in [0.25, 0.3) is 0 Å². The fourth-order valence-corrected chi connectivity index (χ4v) is 2.57. The van der Waals surface area contributed by atoms with Crippen molar-refractivity contribution in [2.24, 2.45) is 5.92 Å². The number of nitrogens with one attached hydrogen (secondary N) is 1. The molecular formula is C14H20N2O2. The molecule has 2 rings (SSSR count). The molecule has 1 aromatic heterocycles. The third kappa shape index (κ3) is 3.81. The van der Waals surface area contributed by atoms with Gasteiger partial charge in [-0.15, -0.1) is 0 Å². The third-order valence-corrected chi connectivity index (χ3v) is 3.62. The van der Waals surface area contributed by atoms with Crippen LogP contribution in [0.5, 0.6) is 0 Å². The minimum absolute atomic E-state index is 0.155. The Morgan fingerprint density at radius 2 is 2.17 bits per heavy atom. The van der Waals surface area contributed by atoms with Gasteiger partial charge in [-0.3, -0.25) is 9.78 Å². The highest BCUT2D eigenvalue weighted by Crippen LogP contribution is 2.24. The van der Waals surface area contributed by atoms with E-state index < -0.39 is 5.97 Å². The Kier molecular flexibility index (Phi) is 4.70. The number of hydrogen-bond acceptors (Lipinski definition) is 3. The molecule has 0 bridgehead atoms. The van der Waals surface area contributed by atoms with E-state index in [0.717, 1.165) is 38.6 Å². The van der Waals surface area contributed by atoms with Crippen molar-refractivity contribution >= 4 is 5.97 Å². The second-order valence-corrected chi connectivity index (χ2v) is 4.96. The van der Waals surface area contributed by atoms with Gasteiger partial charge >= 0.3 is 5.97 Å². The molecule has 0 radical (unpaired) electrons. The fraction of sp³-hybridized carbons (Fsp3) is 0.571. The molecule has 1 fully saturated rings. The van der Waals surface area contributed by atoms with Crippen molar-refractivity contribution in [3.63, 3.8) is 0 Å². The first kappa shape index (κ1) is 13.0. The van der Waals surface area contributed by atoms with E-state index in [-0.39, 0.29) is 5.92 Å². The lowest BCUT2D eigenvalue weighted by molar-refractivity contribution is -0.143. The monoisotopic (exact) mass is 248 g/mol. The summed E-state index contributed by atoms with van der Waals surface area (Å²) in [6.45, 7) is 0.904. The lowest BCUT2D eigenvalue weighted by Gasteiger charge is -2.27. The van der Waals surface area contributed by atoms with E-state index >= 15 is 0 Å². The van der Waals surface area contributed by atoms with Crippen LogP contribution in [0.4, 0.5) is 0 Å². The predicted octanol–water partition coefficient (Wildman–Crippen LogP) is 1.86. The van der Waals surface area contributed by atoms with Crippen LogP contribution in [0.15, 0.2) is 24.5 Å². The molecule has 4 nitrogen and oxygen atoms in total. The van der Waals surface area contributed by atoms with Gasteiger partial charge in [-0.25, -0.2) is 0 Å². The van der Waals surface area contributed by atoms with E-state index in [9.17, 15) is 4.79 Å². The SMILES string of the molecule is O=C(O)C1CCCC(NCCc2ccncc2)C1. The summed E-state index contributed by atoms with van der Waals surface area (Å²) in [5, 5.41) is 12.5. The van der Waals surface area contributed by atoms with Crippen molar-refractivity contribution in [1.29, 1.82) is 0 Å². The molecule has 2 unspecified atom stereocenters. The Morgan fingerprint density at radius 1 is 1.39 bits per heavy atom. The Bertz CT molecular complexity index is 381. The largest absolute Gasteiger partial charge is 0.481 e. The Labute approximate surface area is 107 Å². The van der Waals surface area contributed by atoms with E-state index in [0.29, 0.717) is 6.04 Å². The summed E-state index contributed by atoms with van der Waals surface area (Å²) in [4.78, 5) is 14.9. The number of nitrogens with zero attached hydrogens (tertiary/aromatic N) is 1. The summed E-state index contributed by atoms with van der Waals surface area (Å²) in [5.74, 6) is -0.798. The van der Waals surface area contributed by atoms with Crippen LogP contribution in [0.1, 0.15) is 31.2 Å². The normalized spacial score (nSPS) is 23.8. The Morgan fingerprint density at radius 3 is 2.89 bits per heavy atom. The first-order chi connectivity index (χ1) is 8.75. The molecule has 0 aromatic carbocycles. The zero-order valence-corrected chi connectivity index (χ0v) is 10.5. The average molecular weight is 248 g/mol. The van der Waals surface area contributed by atoms with Crippen LogP contribution in [0.3, 0.4) is 0 Å². The minimum atomic E-state index is -0.643. The second-order valence-electron chi connectivity index (χ2n) is 4.96. The standard InChI is InChI=1S/C14H20N2O2/c17-14(18)12-2-1-3-13(10-12)16-9-6-11-4-7-15-8-5-11/h4-5,7-8,12-13,16H,1-3,6,9-10H2,(H,17,18). The topological polar surface area (TPSA) is 62.2 Å². The van der Waals surface area contributed by atoms with Crippen LogP contribution in [-0.4, -0.2) is 28.6 Å². The molecule has 0 saturated heterocycles. The van der Waals surface area contributed by atoms with Gasteiger partial charge in [0.25, 0.3) is 0 Å². The van der Waals surface area contributed by atoms with Crippen LogP contribution < -0.4 is 5.32 Å². The van der Waals surface area contributed by atoms with E-state index in [2.05, 4.69) is 10.3 Å². The maximum Gasteiger partial charge on any atom is 0.306 e. The molecule has 0 spiro atoms. The zero-order valence-electron chi connectivity index (χ0n) is 10.5. The number of carboxylic acid groups (broad SMARTS) is 1. The smallest absolute Gasteiger partial charge is 0.306 e. The summed E-state index contributed by atoms with van der Waals surface area (Å²) in [7, 11) is 0. The molecule has 0 aliphatic heterocycles. The van der Waals surface area contributed by atoms with Crippen LogP contribution in [-0.2, 0) is 11.2 Å². The van der Waals surface area contributed by atoms with Crippen LogP contribution in [0, 0.1) is 5.92 Å². The summed E-state index contributed by atoms with van der Waals surface area (Å²) in [6, 6.07) is 4.40. The number of aliphatic carboxylic acids is 1. The van der Waals surface area contributed by atoms with Gasteiger partial charge in [0.15, 0.2) is 0 Å². The highest BCUT2D eigenvalue weighted by Gasteiger charge is 2.26. The summed E-state index contributed by atoms with van der Waals surface area (Å²) in [5.41, 5.74) is 1.27. The zero-order chi connectivity index (χ0) is 12.8. The second kappa shape index (κ2) is 6.50. The number of carbonyl (C=O) groups is 1. The van der Waals surface area contributed by atoms with E-state index in [1.54, 1.807) is 12.4 Å². The molecule has 2 N–H and O–H groups in total. The summed E-state index contributed by atoms with van der Waals surface area (Å²) >= 11 is 0. The first-order valence-electron chi connectivity index (χ1n) is 6.61. The van der Waals surface area contributed by atoms with Gasteiger partial charge in [0.05, 0.1) is 5.92 Å². The van der Waals surface area contributed by atoms with Crippen molar-refractivity contribution in [3.8, 4) is 0 Å². The van der Waals surface area contributed by atoms with Crippen molar-refractivity contribution in [3.05, 3.63) is 30.1 Å². The van der Waals surface area contributed by atoms with Crippen LogP contribution in [0.2, 0.25) is 0 Å².